The number of alkyl halides is 3. The van der Waals surface area contributed by atoms with Crippen molar-refractivity contribution in [3.63, 3.8) is 0 Å². The van der Waals surface area contributed by atoms with Gasteiger partial charge in [0.25, 0.3) is 0 Å². The lowest BCUT2D eigenvalue weighted by atomic mass is 9.99. The molecule has 2 rings (SSSR count). The second kappa shape index (κ2) is 4.74. The third kappa shape index (κ3) is 2.51. The largest absolute Gasteiger partial charge is 0.417 e. The van der Waals surface area contributed by atoms with E-state index in [0.717, 1.165) is 6.07 Å². The molecule has 100 valence electrons. The van der Waals surface area contributed by atoms with E-state index in [-0.39, 0.29) is 16.8 Å². The highest BCUT2D eigenvalue weighted by Crippen LogP contribution is 2.40. The van der Waals surface area contributed by atoms with Crippen LogP contribution < -0.4 is 5.73 Å². The average Bonchev–Trinajstić information content (AvgIpc) is 2.35. The van der Waals surface area contributed by atoms with Crippen molar-refractivity contribution in [1.29, 1.82) is 0 Å². The van der Waals surface area contributed by atoms with Gasteiger partial charge in [0.05, 0.1) is 16.3 Å². The van der Waals surface area contributed by atoms with E-state index in [1.54, 1.807) is 0 Å². The zero-order valence-corrected chi connectivity index (χ0v) is 10.2. The molecule has 0 heterocycles. The van der Waals surface area contributed by atoms with E-state index in [2.05, 4.69) is 0 Å². The van der Waals surface area contributed by atoms with E-state index >= 15 is 0 Å². The SMILES string of the molecule is Nc1ccc(-c2ccccc2C(F)(F)F)c(Cl)c1F. The molecule has 0 aliphatic heterocycles. The first-order valence-corrected chi connectivity index (χ1v) is 5.60. The van der Waals surface area contributed by atoms with Gasteiger partial charge in [-0.2, -0.15) is 13.2 Å². The van der Waals surface area contributed by atoms with Crippen LogP contribution in [0.4, 0.5) is 23.2 Å². The van der Waals surface area contributed by atoms with Crippen molar-refractivity contribution in [3.05, 3.63) is 52.8 Å². The maximum Gasteiger partial charge on any atom is 0.417 e. The third-order valence-electron chi connectivity index (χ3n) is 2.63. The topological polar surface area (TPSA) is 26.0 Å². The minimum Gasteiger partial charge on any atom is -0.396 e. The summed E-state index contributed by atoms with van der Waals surface area (Å²) < 4.78 is 52.2. The molecule has 0 fully saturated rings. The Morgan fingerprint density at radius 3 is 2.21 bits per heavy atom. The molecule has 1 nitrogen and oxygen atoms in total. The molecule has 0 saturated heterocycles. The van der Waals surface area contributed by atoms with E-state index in [0.29, 0.717) is 0 Å². The van der Waals surface area contributed by atoms with Crippen molar-refractivity contribution < 1.29 is 17.6 Å². The van der Waals surface area contributed by atoms with Crippen LogP contribution in [-0.2, 0) is 6.18 Å². The first kappa shape index (κ1) is 13.7. The lowest BCUT2D eigenvalue weighted by Crippen LogP contribution is -2.07. The molecular weight excluding hydrogens is 282 g/mol. The molecule has 2 N–H and O–H groups in total. The first-order valence-electron chi connectivity index (χ1n) is 5.22. The highest BCUT2D eigenvalue weighted by atomic mass is 35.5. The molecule has 0 amide bonds. The van der Waals surface area contributed by atoms with E-state index in [4.69, 9.17) is 17.3 Å². The van der Waals surface area contributed by atoms with Crippen molar-refractivity contribution in [3.8, 4) is 11.1 Å². The van der Waals surface area contributed by atoms with Crippen molar-refractivity contribution in [2.24, 2.45) is 0 Å². The summed E-state index contributed by atoms with van der Waals surface area (Å²) >= 11 is 5.73. The Morgan fingerprint density at radius 1 is 0.947 bits per heavy atom. The fraction of sp³-hybridized carbons (Fsp3) is 0.0769. The Labute approximate surface area is 111 Å². The number of nitrogen functional groups attached to an aromatic ring is 1. The van der Waals surface area contributed by atoms with E-state index < -0.39 is 22.6 Å². The molecule has 0 unspecified atom stereocenters. The minimum absolute atomic E-state index is 0.0405. The van der Waals surface area contributed by atoms with Crippen molar-refractivity contribution in [1.82, 2.24) is 0 Å². The average molecular weight is 290 g/mol. The Kier molecular flexibility index (Phi) is 3.41. The van der Waals surface area contributed by atoms with Gasteiger partial charge in [0.1, 0.15) is 0 Å². The molecule has 0 aliphatic rings. The van der Waals surface area contributed by atoms with Crippen molar-refractivity contribution in [2.75, 3.05) is 5.73 Å². The summed E-state index contributed by atoms with van der Waals surface area (Å²) in [7, 11) is 0. The summed E-state index contributed by atoms with van der Waals surface area (Å²) in [4.78, 5) is 0. The molecule has 2 aromatic carbocycles. The van der Waals surface area contributed by atoms with Gasteiger partial charge in [0, 0.05) is 5.56 Å². The zero-order chi connectivity index (χ0) is 14.2. The molecule has 6 heteroatoms. The lowest BCUT2D eigenvalue weighted by molar-refractivity contribution is -0.137. The van der Waals surface area contributed by atoms with Gasteiger partial charge in [-0.3, -0.25) is 0 Å². The normalized spacial score (nSPS) is 11.6. The summed E-state index contributed by atoms with van der Waals surface area (Å²) in [6.07, 6.45) is -4.54. The molecule has 0 atom stereocenters. The number of hydrogen-bond acceptors (Lipinski definition) is 1. The van der Waals surface area contributed by atoms with E-state index in [1.165, 1.54) is 30.3 Å². The van der Waals surface area contributed by atoms with Crippen LogP contribution >= 0.6 is 11.6 Å². The lowest BCUT2D eigenvalue weighted by Gasteiger charge is -2.14. The number of rotatable bonds is 1. The van der Waals surface area contributed by atoms with Crippen LogP contribution in [0.3, 0.4) is 0 Å². The van der Waals surface area contributed by atoms with Crippen LogP contribution in [-0.4, -0.2) is 0 Å². The minimum atomic E-state index is -4.54. The molecular formula is C13H8ClF4N. The van der Waals surface area contributed by atoms with Crippen molar-refractivity contribution >= 4 is 17.3 Å². The van der Waals surface area contributed by atoms with Gasteiger partial charge >= 0.3 is 6.18 Å². The molecule has 0 aromatic heterocycles. The monoisotopic (exact) mass is 289 g/mol. The molecule has 0 bridgehead atoms. The smallest absolute Gasteiger partial charge is 0.396 e. The highest BCUT2D eigenvalue weighted by Gasteiger charge is 2.33. The Hall–Kier alpha value is -1.75. The fourth-order valence-corrected chi connectivity index (χ4v) is 2.01. The van der Waals surface area contributed by atoms with Crippen LogP contribution in [0.1, 0.15) is 5.56 Å². The standard InChI is InChI=1S/C13H8ClF4N/c14-11-8(5-6-10(19)12(11)15)7-3-1-2-4-9(7)13(16,17)18/h1-6H,19H2. The summed E-state index contributed by atoms with van der Waals surface area (Å²) in [5.41, 5.74) is 4.00. The van der Waals surface area contributed by atoms with Gasteiger partial charge < -0.3 is 5.73 Å². The van der Waals surface area contributed by atoms with E-state index in [9.17, 15) is 17.6 Å². The molecule has 19 heavy (non-hydrogen) atoms. The van der Waals surface area contributed by atoms with Crippen LogP contribution in [0.15, 0.2) is 36.4 Å². The highest BCUT2D eigenvalue weighted by molar-refractivity contribution is 6.33. The number of nitrogens with two attached hydrogens (primary N) is 1. The molecule has 0 saturated carbocycles. The first-order chi connectivity index (χ1) is 8.82. The second-order valence-electron chi connectivity index (χ2n) is 3.87. The Bertz CT molecular complexity index is 623. The predicted molar refractivity (Wildman–Crippen MR) is 66.3 cm³/mol. The summed E-state index contributed by atoms with van der Waals surface area (Å²) in [5.74, 6) is -0.920. The van der Waals surface area contributed by atoms with Gasteiger partial charge in [-0.15, -0.1) is 0 Å². The van der Waals surface area contributed by atoms with Crippen LogP contribution in [0.5, 0.6) is 0 Å². The summed E-state index contributed by atoms with van der Waals surface area (Å²) in [6, 6.07) is 7.29. The third-order valence-corrected chi connectivity index (χ3v) is 3.00. The van der Waals surface area contributed by atoms with Gasteiger partial charge in [-0.25, -0.2) is 4.39 Å². The number of halogens is 5. The predicted octanol–water partition coefficient (Wildman–Crippen LogP) is 4.75. The molecule has 0 aliphatic carbocycles. The van der Waals surface area contributed by atoms with E-state index in [1.807, 2.05) is 0 Å². The zero-order valence-electron chi connectivity index (χ0n) is 9.43. The van der Waals surface area contributed by atoms with Gasteiger partial charge in [0.15, 0.2) is 5.82 Å². The van der Waals surface area contributed by atoms with Crippen LogP contribution in [0.2, 0.25) is 5.02 Å². The molecule has 0 radical (unpaired) electrons. The number of anilines is 1. The Morgan fingerprint density at radius 2 is 1.58 bits per heavy atom. The van der Waals surface area contributed by atoms with Gasteiger partial charge in [0.2, 0.25) is 0 Å². The second-order valence-corrected chi connectivity index (χ2v) is 4.25. The molecule has 0 spiro atoms. The summed E-state index contributed by atoms with van der Waals surface area (Å²) in [6.45, 7) is 0. The number of hydrogen-bond donors (Lipinski definition) is 1. The van der Waals surface area contributed by atoms with Gasteiger partial charge in [-0.05, 0) is 17.7 Å². The van der Waals surface area contributed by atoms with Crippen LogP contribution in [0.25, 0.3) is 11.1 Å². The maximum atomic E-state index is 13.6. The van der Waals surface area contributed by atoms with Gasteiger partial charge in [-0.1, -0.05) is 35.9 Å². The van der Waals surface area contributed by atoms with Crippen LogP contribution in [0, 0.1) is 5.82 Å². The Balaban J connectivity index is 2.70. The maximum absolute atomic E-state index is 13.6. The fourth-order valence-electron chi connectivity index (χ4n) is 1.74. The molecule has 2 aromatic rings. The summed E-state index contributed by atoms with van der Waals surface area (Å²) in [5, 5.41) is -0.420. The number of benzene rings is 2. The quantitative estimate of drug-likeness (QED) is 0.595. The van der Waals surface area contributed by atoms with Crippen molar-refractivity contribution in [2.45, 2.75) is 6.18 Å².